The molecule has 0 spiro atoms. The Morgan fingerprint density at radius 1 is 1.35 bits per heavy atom. The van der Waals surface area contributed by atoms with E-state index in [0.717, 1.165) is 31.9 Å². The minimum Gasteiger partial charge on any atom is -0.478 e. The summed E-state index contributed by atoms with van der Waals surface area (Å²) in [5.41, 5.74) is -0.00403. The van der Waals surface area contributed by atoms with Crippen LogP contribution in [0.3, 0.4) is 0 Å². The first kappa shape index (κ1) is 15.7. The summed E-state index contributed by atoms with van der Waals surface area (Å²) in [5, 5.41) is 18.9. The molecule has 0 aliphatic rings. The molecule has 3 N–H and O–H groups in total. The molecule has 0 aromatic rings. The van der Waals surface area contributed by atoms with Gasteiger partial charge in [-0.15, -0.1) is 0 Å². The van der Waals surface area contributed by atoms with E-state index < -0.39 is 5.97 Å². The van der Waals surface area contributed by atoms with E-state index in [9.17, 15) is 4.79 Å². The quantitative estimate of drug-likeness (QED) is 0.428. The number of carbonyl (C=O) groups is 1. The molecule has 0 bridgehead atoms. The van der Waals surface area contributed by atoms with Crippen molar-refractivity contribution in [3.8, 4) is 0 Å². The molecule has 17 heavy (non-hydrogen) atoms. The van der Waals surface area contributed by atoms with E-state index in [-0.39, 0.29) is 5.57 Å². The van der Waals surface area contributed by atoms with Gasteiger partial charge >= 0.3 is 5.97 Å². The van der Waals surface area contributed by atoms with Crippen molar-refractivity contribution in [1.82, 2.24) is 5.32 Å². The Labute approximate surface area is 104 Å². The van der Waals surface area contributed by atoms with Gasteiger partial charge in [-0.05, 0) is 25.2 Å². The lowest BCUT2D eigenvalue weighted by molar-refractivity contribution is -0.132. The van der Waals surface area contributed by atoms with Crippen LogP contribution in [-0.4, -0.2) is 23.3 Å². The van der Waals surface area contributed by atoms with Crippen molar-refractivity contribution in [2.45, 2.75) is 52.5 Å². The number of carboxylic acids is 1. The Kier molecular flexibility index (Phi) is 8.11. The normalized spacial score (nSPS) is 13.5. The summed E-state index contributed by atoms with van der Waals surface area (Å²) in [6.07, 6.45) is 6.55. The van der Waals surface area contributed by atoms with Gasteiger partial charge in [0.25, 0.3) is 0 Å². The van der Waals surface area contributed by atoms with E-state index in [0.29, 0.717) is 12.0 Å². The third-order valence-corrected chi connectivity index (χ3v) is 2.61. The predicted octanol–water partition coefficient (Wildman–Crippen LogP) is 2.80. The Morgan fingerprint density at radius 3 is 2.41 bits per heavy atom. The van der Waals surface area contributed by atoms with Gasteiger partial charge in [0, 0.05) is 18.5 Å². The average molecular weight is 240 g/mol. The highest BCUT2D eigenvalue weighted by molar-refractivity contribution is 6.07. The van der Waals surface area contributed by atoms with Crippen molar-refractivity contribution in [3.63, 3.8) is 0 Å². The first-order chi connectivity index (χ1) is 8.01. The van der Waals surface area contributed by atoms with Gasteiger partial charge in [-0.1, -0.05) is 27.2 Å². The summed E-state index contributed by atoms with van der Waals surface area (Å²) in [6, 6.07) is 0.302. The zero-order valence-electron chi connectivity index (χ0n) is 11.0. The SMILES string of the molecule is CCCC(CCC(C)C)N/C=C(\C=N)C(=O)O. The summed E-state index contributed by atoms with van der Waals surface area (Å²) in [4.78, 5) is 10.7. The molecular formula is C13H24N2O2. The number of carboxylic acid groups (broad SMARTS) is 1. The standard InChI is InChI=1S/C13H24N2O2/c1-4-5-12(7-6-10(2)3)15-9-11(8-14)13(16)17/h8-10,12,14-15H,4-7H2,1-3H3,(H,16,17)/b11-9+,14-8?. The summed E-state index contributed by atoms with van der Waals surface area (Å²) in [5.74, 6) is -0.409. The van der Waals surface area contributed by atoms with E-state index in [1.165, 1.54) is 6.20 Å². The summed E-state index contributed by atoms with van der Waals surface area (Å²) < 4.78 is 0. The van der Waals surface area contributed by atoms with Crippen LogP contribution in [0.5, 0.6) is 0 Å². The van der Waals surface area contributed by atoms with Crippen LogP contribution in [0.4, 0.5) is 0 Å². The molecule has 0 rings (SSSR count). The van der Waals surface area contributed by atoms with Crippen LogP contribution < -0.4 is 5.32 Å². The third-order valence-electron chi connectivity index (χ3n) is 2.61. The molecule has 4 heteroatoms. The van der Waals surface area contributed by atoms with E-state index in [2.05, 4.69) is 26.1 Å². The molecular weight excluding hydrogens is 216 g/mol. The minimum atomic E-state index is -1.06. The van der Waals surface area contributed by atoms with Crippen LogP contribution in [0.15, 0.2) is 11.8 Å². The highest BCUT2D eigenvalue weighted by Crippen LogP contribution is 2.11. The second kappa shape index (κ2) is 8.79. The van der Waals surface area contributed by atoms with Gasteiger partial charge in [-0.2, -0.15) is 0 Å². The molecule has 0 saturated heterocycles. The van der Waals surface area contributed by atoms with Crippen molar-refractivity contribution in [2.24, 2.45) is 5.92 Å². The lowest BCUT2D eigenvalue weighted by Gasteiger charge is -2.18. The lowest BCUT2D eigenvalue weighted by Crippen LogP contribution is -2.26. The molecule has 98 valence electrons. The fourth-order valence-electron chi connectivity index (χ4n) is 1.57. The maximum absolute atomic E-state index is 10.7. The molecule has 0 aromatic heterocycles. The van der Waals surface area contributed by atoms with Gasteiger partial charge in [0.05, 0.1) is 5.57 Å². The molecule has 0 aliphatic carbocycles. The fraction of sp³-hybridized carbons (Fsp3) is 0.692. The molecule has 1 atom stereocenters. The molecule has 1 unspecified atom stereocenters. The highest BCUT2D eigenvalue weighted by atomic mass is 16.4. The first-order valence-corrected chi connectivity index (χ1v) is 6.21. The van der Waals surface area contributed by atoms with Crippen LogP contribution in [0.25, 0.3) is 0 Å². The van der Waals surface area contributed by atoms with Crippen molar-refractivity contribution >= 4 is 12.2 Å². The summed E-state index contributed by atoms with van der Waals surface area (Å²) in [6.45, 7) is 6.47. The van der Waals surface area contributed by atoms with E-state index >= 15 is 0 Å². The second-order valence-corrected chi connectivity index (χ2v) is 4.67. The Hall–Kier alpha value is -1.32. The highest BCUT2D eigenvalue weighted by Gasteiger charge is 2.08. The fourth-order valence-corrected chi connectivity index (χ4v) is 1.57. The lowest BCUT2D eigenvalue weighted by atomic mass is 10.0. The summed E-state index contributed by atoms with van der Waals surface area (Å²) in [7, 11) is 0. The topological polar surface area (TPSA) is 73.2 Å². The molecule has 0 amide bonds. The Balaban J connectivity index is 4.32. The van der Waals surface area contributed by atoms with E-state index in [4.69, 9.17) is 10.5 Å². The Morgan fingerprint density at radius 2 is 2.00 bits per heavy atom. The molecule has 4 nitrogen and oxygen atoms in total. The molecule has 0 aromatic carbocycles. The van der Waals surface area contributed by atoms with Gasteiger partial charge in [-0.25, -0.2) is 4.79 Å². The molecule has 0 fully saturated rings. The van der Waals surface area contributed by atoms with Gasteiger partial charge in [0.15, 0.2) is 0 Å². The molecule has 0 saturated carbocycles. The predicted molar refractivity (Wildman–Crippen MR) is 70.4 cm³/mol. The van der Waals surface area contributed by atoms with Gasteiger partial charge in [0.2, 0.25) is 0 Å². The number of hydrogen-bond donors (Lipinski definition) is 3. The second-order valence-electron chi connectivity index (χ2n) is 4.67. The van der Waals surface area contributed by atoms with Crippen LogP contribution >= 0.6 is 0 Å². The van der Waals surface area contributed by atoms with Crippen LogP contribution in [0.2, 0.25) is 0 Å². The maximum atomic E-state index is 10.7. The number of rotatable bonds is 9. The largest absolute Gasteiger partial charge is 0.478 e. The van der Waals surface area contributed by atoms with Crippen LogP contribution in [0, 0.1) is 11.3 Å². The third kappa shape index (κ3) is 7.55. The first-order valence-electron chi connectivity index (χ1n) is 6.21. The van der Waals surface area contributed by atoms with Crippen molar-refractivity contribution in [1.29, 1.82) is 5.41 Å². The Bertz CT molecular complexity index is 273. The van der Waals surface area contributed by atoms with Crippen LogP contribution in [-0.2, 0) is 4.79 Å². The van der Waals surface area contributed by atoms with Gasteiger partial charge in [-0.3, -0.25) is 0 Å². The van der Waals surface area contributed by atoms with E-state index in [1.54, 1.807) is 0 Å². The number of hydrogen-bond acceptors (Lipinski definition) is 3. The minimum absolute atomic E-state index is 0.00403. The molecule has 0 radical (unpaired) electrons. The monoisotopic (exact) mass is 240 g/mol. The van der Waals surface area contributed by atoms with E-state index in [1.807, 2.05) is 0 Å². The smallest absolute Gasteiger partial charge is 0.338 e. The van der Waals surface area contributed by atoms with Crippen molar-refractivity contribution < 1.29 is 9.90 Å². The zero-order chi connectivity index (χ0) is 13.3. The van der Waals surface area contributed by atoms with Crippen molar-refractivity contribution in [2.75, 3.05) is 0 Å². The summed E-state index contributed by atoms with van der Waals surface area (Å²) >= 11 is 0. The molecule has 0 aliphatic heterocycles. The van der Waals surface area contributed by atoms with Gasteiger partial charge in [0.1, 0.15) is 0 Å². The van der Waals surface area contributed by atoms with Crippen LogP contribution in [0.1, 0.15) is 46.5 Å². The molecule has 0 heterocycles. The van der Waals surface area contributed by atoms with Crippen molar-refractivity contribution in [3.05, 3.63) is 11.8 Å². The number of nitrogens with one attached hydrogen (secondary N) is 2. The maximum Gasteiger partial charge on any atom is 0.338 e. The number of aliphatic carboxylic acids is 1. The zero-order valence-corrected chi connectivity index (χ0v) is 11.0. The van der Waals surface area contributed by atoms with Gasteiger partial charge < -0.3 is 15.8 Å². The average Bonchev–Trinajstić information content (AvgIpc) is 2.25.